The number of halogens is 2. The van der Waals surface area contributed by atoms with Gasteiger partial charge in [0.1, 0.15) is 10.6 Å². The van der Waals surface area contributed by atoms with Gasteiger partial charge in [0.2, 0.25) is 0 Å². The Labute approximate surface area is 257 Å². The minimum atomic E-state index is 0.502. The molecule has 0 N–H and O–H groups in total. The highest BCUT2D eigenvalue weighted by Gasteiger charge is 2.33. The Bertz CT molecular complexity index is 671. The van der Waals surface area contributed by atoms with E-state index in [4.69, 9.17) is 18.0 Å². The van der Waals surface area contributed by atoms with Crippen LogP contribution < -0.4 is 0 Å². The maximum atomic E-state index is 6.16. The first-order valence-electron chi connectivity index (χ1n) is 16.3. The predicted octanol–water partition coefficient (Wildman–Crippen LogP) is 11.9. The molecule has 1 nitrogen and oxygen atoms in total. The molecule has 0 fully saturated rings. The van der Waals surface area contributed by atoms with E-state index in [0.717, 1.165) is 22.5 Å². The van der Waals surface area contributed by atoms with Crippen LogP contribution in [0, 0.1) is 12.3 Å². The van der Waals surface area contributed by atoms with Crippen LogP contribution in [0.15, 0.2) is 24.3 Å². The molecule has 0 bridgehead atoms. The first kappa shape index (κ1) is 35.8. The minimum Gasteiger partial charge on any atom is -0.303 e. The van der Waals surface area contributed by atoms with Gasteiger partial charge in [-0.15, -0.1) is 6.42 Å². The first-order chi connectivity index (χ1) is 18.6. The van der Waals surface area contributed by atoms with E-state index in [9.17, 15) is 0 Å². The third-order valence-electron chi connectivity index (χ3n) is 8.23. The Kier molecular flexibility index (Phi) is 23.1. The van der Waals surface area contributed by atoms with Gasteiger partial charge in [-0.3, -0.25) is 0 Å². The van der Waals surface area contributed by atoms with Crippen molar-refractivity contribution in [2.45, 2.75) is 153 Å². The normalized spacial score (nSPS) is 12.5. The monoisotopic (exact) mass is 656 g/mol. The topological polar surface area (TPSA) is 0 Å². The predicted molar refractivity (Wildman–Crippen MR) is 180 cm³/mol. The van der Waals surface area contributed by atoms with Gasteiger partial charge in [-0.05, 0) is 71.9 Å². The molecule has 0 amide bonds. The van der Waals surface area contributed by atoms with Crippen molar-refractivity contribution < 1.29 is 4.48 Å². The summed E-state index contributed by atoms with van der Waals surface area (Å²) in [5.41, 5.74) is 1.37. The molecular formula is C35H60ClIN+. The van der Waals surface area contributed by atoms with Crippen LogP contribution in [-0.4, -0.2) is 28.2 Å². The number of alkyl halides is 1. The zero-order chi connectivity index (χ0) is 27.7. The van der Waals surface area contributed by atoms with Crippen LogP contribution in [0.3, 0.4) is 0 Å². The average molecular weight is 657 g/mol. The molecule has 3 heteroatoms. The number of hydrogen-bond acceptors (Lipinski definition) is 0. The smallest absolute Gasteiger partial charge is 0.144 e. The average Bonchev–Trinajstić information content (AvgIpc) is 2.92. The van der Waals surface area contributed by atoms with E-state index in [1.807, 2.05) is 12.1 Å². The number of terminal acetylenes is 1. The molecule has 1 rings (SSSR count). The molecule has 0 radical (unpaired) electrons. The largest absolute Gasteiger partial charge is 0.303 e. The second-order valence-electron chi connectivity index (χ2n) is 11.7. The zero-order valence-corrected chi connectivity index (χ0v) is 28.1. The van der Waals surface area contributed by atoms with E-state index in [1.54, 1.807) is 0 Å². The van der Waals surface area contributed by atoms with Crippen LogP contribution in [0.5, 0.6) is 0 Å². The van der Waals surface area contributed by atoms with Crippen molar-refractivity contribution in [2.24, 2.45) is 0 Å². The Morgan fingerprint density at radius 1 is 0.658 bits per heavy atom. The van der Waals surface area contributed by atoms with Crippen LogP contribution in [0.2, 0.25) is 5.02 Å². The lowest BCUT2D eigenvalue weighted by Crippen LogP contribution is -2.55. The second kappa shape index (κ2) is 24.5. The van der Waals surface area contributed by atoms with E-state index in [2.05, 4.69) is 54.5 Å². The molecule has 1 aromatic rings. The summed E-state index contributed by atoms with van der Waals surface area (Å²) in [7, 11) is 0. The van der Waals surface area contributed by atoms with Crippen molar-refractivity contribution in [3.8, 4) is 12.3 Å². The van der Waals surface area contributed by atoms with Gasteiger partial charge in [0.25, 0.3) is 0 Å². The van der Waals surface area contributed by atoms with Gasteiger partial charge >= 0.3 is 0 Å². The maximum Gasteiger partial charge on any atom is 0.144 e. The summed E-state index contributed by atoms with van der Waals surface area (Å²) in [6, 6.07) is 8.44. The van der Waals surface area contributed by atoms with E-state index in [1.165, 1.54) is 147 Å². The molecule has 0 aliphatic carbocycles. The van der Waals surface area contributed by atoms with Gasteiger partial charge < -0.3 is 4.48 Å². The van der Waals surface area contributed by atoms with Gasteiger partial charge in [0.05, 0.1) is 13.1 Å². The number of nitrogens with zero attached hydrogens (tertiary/aromatic N) is 1. The standard InChI is InChI=1S/C35H60ClIN/c1-4-7-9-11-13-15-17-19-21-23-30-38(29-6-3,35(37)32-33-25-27-34(36)28-26-33)31-24-22-20-18-16-14-12-10-8-5-2/h3,25-28,35H,4-5,7-24,29-32H2,1-2H3/q+1. The van der Waals surface area contributed by atoms with Crippen molar-refractivity contribution >= 4 is 34.2 Å². The van der Waals surface area contributed by atoms with E-state index >= 15 is 0 Å². The van der Waals surface area contributed by atoms with Gasteiger partial charge in [-0.2, -0.15) is 0 Å². The molecule has 0 saturated heterocycles. The zero-order valence-electron chi connectivity index (χ0n) is 25.1. The van der Waals surface area contributed by atoms with Crippen molar-refractivity contribution in [2.75, 3.05) is 19.6 Å². The molecule has 218 valence electrons. The summed E-state index contributed by atoms with van der Waals surface area (Å²) in [5, 5.41) is 0.818. The third kappa shape index (κ3) is 17.5. The Hall–Kier alpha value is -0.240. The molecule has 1 atom stereocenters. The number of unbranched alkanes of at least 4 members (excludes halogenated alkanes) is 18. The summed E-state index contributed by atoms with van der Waals surface area (Å²) >= 11 is 8.88. The summed E-state index contributed by atoms with van der Waals surface area (Å²) in [5.74, 6) is 3.10. The molecule has 0 saturated carbocycles. The molecule has 38 heavy (non-hydrogen) atoms. The lowest BCUT2D eigenvalue weighted by Gasteiger charge is -2.42. The quantitative estimate of drug-likeness (QED) is 0.0232. The fraction of sp³-hybridized carbons (Fsp3) is 0.771. The van der Waals surface area contributed by atoms with Crippen molar-refractivity contribution in [3.63, 3.8) is 0 Å². The van der Waals surface area contributed by atoms with Gasteiger partial charge in [0.15, 0.2) is 0 Å². The summed E-state index contributed by atoms with van der Waals surface area (Å²) < 4.78 is 1.58. The van der Waals surface area contributed by atoms with E-state index < -0.39 is 0 Å². The van der Waals surface area contributed by atoms with Crippen LogP contribution >= 0.6 is 34.2 Å². The molecule has 0 aliphatic heterocycles. The first-order valence-corrected chi connectivity index (χ1v) is 17.9. The van der Waals surface area contributed by atoms with Gasteiger partial charge in [-0.1, -0.05) is 140 Å². The van der Waals surface area contributed by atoms with Crippen molar-refractivity contribution in [3.05, 3.63) is 34.9 Å². The molecule has 1 aromatic carbocycles. The lowest BCUT2D eigenvalue weighted by atomic mass is 10.0. The maximum absolute atomic E-state index is 6.16. The molecule has 0 aromatic heterocycles. The summed E-state index contributed by atoms with van der Waals surface area (Å²) in [4.78, 5) is 0. The second-order valence-corrected chi connectivity index (χ2v) is 13.5. The highest BCUT2D eigenvalue weighted by molar-refractivity contribution is 14.1. The fourth-order valence-electron chi connectivity index (χ4n) is 5.67. The number of rotatable bonds is 26. The van der Waals surface area contributed by atoms with Crippen molar-refractivity contribution in [1.82, 2.24) is 0 Å². The van der Waals surface area contributed by atoms with Gasteiger partial charge in [-0.25, -0.2) is 0 Å². The SMILES string of the molecule is C#CC[N+](CCCCCCCCCCCC)(CCCCCCCCCCCC)C(I)Cc1ccc(Cl)cc1. The molecular weight excluding hydrogens is 597 g/mol. The van der Waals surface area contributed by atoms with Crippen LogP contribution in [-0.2, 0) is 6.42 Å². The number of hydrogen-bond donors (Lipinski definition) is 0. The molecule has 0 spiro atoms. The lowest BCUT2D eigenvalue weighted by molar-refractivity contribution is -0.927. The van der Waals surface area contributed by atoms with Gasteiger partial charge in [0, 0.05) is 11.4 Å². The number of benzene rings is 1. The van der Waals surface area contributed by atoms with Crippen LogP contribution in [0.4, 0.5) is 0 Å². The highest BCUT2D eigenvalue weighted by Crippen LogP contribution is 2.27. The Morgan fingerprint density at radius 2 is 1.03 bits per heavy atom. The Morgan fingerprint density at radius 3 is 1.39 bits per heavy atom. The third-order valence-corrected chi connectivity index (χ3v) is 10.1. The Balaban J connectivity index is 2.55. The number of quaternary nitrogens is 1. The summed E-state index contributed by atoms with van der Waals surface area (Å²) in [6.07, 6.45) is 34.8. The van der Waals surface area contributed by atoms with Crippen LogP contribution in [0.1, 0.15) is 148 Å². The summed E-state index contributed by atoms with van der Waals surface area (Å²) in [6.45, 7) is 7.89. The molecule has 1 unspecified atom stereocenters. The molecule has 0 aliphatic rings. The van der Waals surface area contributed by atoms with E-state index in [-0.39, 0.29) is 0 Å². The minimum absolute atomic E-state index is 0.502. The van der Waals surface area contributed by atoms with Crippen LogP contribution in [0.25, 0.3) is 0 Å². The van der Waals surface area contributed by atoms with E-state index in [0.29, 0.717) is 4.05 Å². The highest BCUT2D eigenvalue weighted by atomic mass is 127. The molecule has 0 heterocycles. The fourth-order valence-corrected chi connectivity index (χ4v) is 7.06. The van der Waals surface area contributed by atoms with Crippen molar-refractivity contribution in [1.29, 1.82) is 0 Å².